The molecule has 2 fully saturated rings. The number of sulfonamides is 1. The molecule has 0 amide bonds. The molecule has 0 bridgehead atoms. The summed E-state index contributed by atoms with van der Waals surface area (Å²) in [5.74, 6) is 1.36. The molecule has 5 rings (SSSR count). The third kappa shape index (κ3) is 4.07. The molecule has 1 saturated heterocycles. The molecule has 1 aliphatic carbocycles. The van der Waals surface area contributed by atoms with Crippen molar-refractivity contribution < 1.29 is 13.2 Å². The molecular formula is C24H32N4O3S. The number of ether oxygens (including phenoxy) is 1. The van der Waals surface area contributed by atoms with Crippen LogP contribution in [0.25, 0.3) is 5.57 Å². The average molecular weight is 457 g/mol. The lowest BCUT2D eigenvalue weighted by Crippen LogP contribution is -2.34. The van der Waals surface area contributed by atoms with Gasteiger partial charge in [-0.1, -0.05) is 0 Å². The van der Waals surface area contributed by atoms with Gasteiger partial charge in [0.1, 0.15) is 5.75 Å². The van der Waals surface area contributed by atoms with Gasteiger partial charge in [0, 0.05) is 61.0 Å². The van der Waals surface area contributed by atoms with Crippen LogP contribution in [0.3, 0.4) is 0 Å². The minimum Gasteiger partial charge on any atom is -0.493 e. The van der Waals surface area contributed by atoms with E-state index in [4.69, 9.17) is 4.74 Å². The second kappa shape index (κ2) is 8.24. The Labute approximate surface area is 190 Å². The minimum absolute atomic E-state index is 0.252. The molecule has 1 saturated carbocycles. The second-order valence-corrected chi connectivity index (χ2v) is 11.4. The minimum atomic E-state index is -3.58. The highest BCUT2D eigenvalue weighted by Gasteiger charge is 2.34. The Morgan fingerprint density at radius 2 is 1.97 bits per heavy atom. The van der Waals surface area contributed by atoms with E-state index in [9.17, 15) is 8.42 Å². The first-order valence-corrected chi connectivity index (χ1v) is 12.8. The highest BCUT2D eigenvalue weighted by Crippen LogP contribution is 2.39. The molecule has 2 aromatic rings. The van der Waals surface area contributed by atoms with Crippen LogP contribution < -0.4 is 4.74 Å². The van der Waals surface area contributed by atoms with Crippen molar-refractivity contribution in [1.29, 1.82) is 0 Å². The lowest BCUT2D eigenvalue weighted by atomic mass is 9.95. The van der Waals surface area contributed by atoms with E-state index >= 15 is 0 Å². The van der Waals surface area contributed by atoms with Gasteiger partial charge >= 0.3 is 0 Å². The summed E-state index contributed by atoms with van der Waals surface area (Å²) in [4.78, 5) is 7.86. The third-order valence-corrected chi connectivity index (χ3v) is 8.65. The standard InChI is InChI=1S/C24H32N4O3S/c1-26(2)18-9-11-28(13-18)32(29,30)19-6-7-24(31-16-17-4-5-17)21(12-19)22-14-27(3)15-23-20(22)8-10-25-23/h6-8,10,12,14,17-18,25H,4-5,9,11,13,15-16H2,1-3H3. The van der Waals surface area contributed by atoms with Crippen molar-refractivity contribution in [1.82, 2.24) is 19.1 Å². The van der Waals surface area contributed by atoms with Crippen LogP contribution in [0.15, 0.2) is 41.6 Å². The second-order valence-electron chi connectivity index (χ2n) is 9.51. The Kier molecular flexibility index (Phi) is 5.55. The Bertz CT molecular complexity index is 1130. The fourth-order valence-electron chi connectivity index (χ4n) is 4.58. The number of aromatic nitrogens is 1. The number of H-pyrrole nitrogens is 1. The number of hydrogen-bond donors (Lipinski definition) is 1. The van der Waals surface area contributed by atoms with E-state index in [-0.39, 0.29) is 6.04 Å². The predicted octanol–water partition coefficient (Wildman–Crippen LogP) is 2.96. The van der Waals surface area contributed by atoms with Crippen molar-refractivity contribution >= 4 is 15.6 Å². The van der Waals surface area contributed by atoms with Gasteiger partial charge in [-0.05, 0) is 63.5 Å². The Morgan fingerprint density at radius 3 is 2.69 bits per heavy atom. The monoisotopic (exact) mass is 456 g/mol. The molecule has 1 N–H and O–H groups in total. The molecule has 3 aliphatic rings. The highest BCUT2D eigenvalue weighted by atomic mass is 32.2. The van der Waals surface area contributed by atoms with Crippen LogP contribution in [0.5, 0.6) is 5.75 Å². The normalized spacial score (nSPS) is 21.7. The topological polar surface area (TPSA) is 68.9 Å². The number of benzene rings is 1. The zero-order chi connectivity index (χ0) is 22.5. The van der Waals surface area contributed by atoms with Crippen LogP contribution in [-0.2, 0) is 16.6 Å². The lowest BCUT2D eigenvalue weighted by molar-refractivity contribution is 0.298. The predicted molar refractivity (Wildman–Crippen MR) is 125 cm³/mol. The van der Waals surface area contributed by atoms with Gasteiger partial charge in [-0.25, -0.2) is 8.42 Å². The SMILES string of the molecule is CN1C=C(c2cc(S(=O)(=O)N3CCC(N(C)C)C3)ccc2OCC2CC2)c2cc[nH]c2C1. The lowest BCUT2D eigenvalue weighted by Gasteiger charge is -2.25. The maximum Gasteiger partial charge on any atom is 0.243 e. The van der Waals surface area contributed by atoms with Crippen molar-refractivity contribution in [2.24, 2.45) is 5.92 Å². The van der Waals surface area contributed by atoms with Crippen molar-refractivity contribution in [3.8, 4) is 5.75 Å². The number of aromatic amines is 1. The van der Waals surface area contributed by atoms with Crippen molar-refractivity contribution in [2.75, 3.05) is 40.8 Å². The highest BCUT2D eigenvalue weighted by molar-refractivity contribution is 7.89. The smallest absolute Gasteiger partial charge is 0.243 e. The molecule has 1 atom stereocenters. The van der Waals surface area contributed by atoms with E-state index < -0.39 is 10.0 Å². The van der Waals surface area contributed by atoms with Crippen LogP contribution in [0.1, 0.15) is 36.1 Å². The summed E-state index contributed by atoms with van der Waals surface area (Å²) < 4.78 is 34.8. The summed E-state index contributed by atoms with van der Waals surface area (Å²) in [5, 5.41) is 0. The summed E-state index contributed by atoms with van der Waals surface area (Å²) in [6, 6.07) is 7.66. The van der Waals surface area contributed by atoms with Gasteiger partial charge in [-0.2, -0.15) is 4.31 Å². The quantitative estimate of drug-likeness (QED) is 0.694. The number of fused-ring (bicyclic) bond motifs is 1. The fourth-order valence-corrected chi connectivity index (χ4v) is 6.10. The zero-order valence-electron chi connectivity index (χ0n) is 19.0. The van der Waals surface area contributed by atoms with Crippen LogP contribution in [0.2, 0.25) is 0 Å². The number of nitrogens with zero attached hydrogens (tertiary/aromatic N) is 3. The van der Waals surface area contributed by atoms with E-state index in [2.05, 4.69) is 27.1 Å². The molecular weight excluding hydrogens is 424 g/mol. The Hall–Kier alpha value is -2.29. The molecule has 3 heterocycles. The van der Waals surface area contributed by atoms with Gasteiger partial charge in [0.2, 0.25) is 10.0 Å². The number of hydrogen-bond acceptors (Lipinski definition) is 5. The zero-order valence-corrected chi connectivity index (χ0v) is 19.9. The molecule has 32 heavy (non-hydrogen) atoms. The first-order chi connectivity index (χ1) is 15.3. The van der Waals surface area contributed by atoms with Gasteiger partial charge in [0.15, 0.2) is 0 Å². The van der Waals surface area contributed by atoms with E-state index in [0.717, 1.165) is 41.1 Å². The molecule has 1 aromatic heterocycles. The molecule has 172 valence electrons. The maximum absolute atomic E-state index is 13.5. The molecule has 8 heteroatoms. The van der Waals surface area contributed by atoms with Crippen LogP contribution in [-0.4, -0.2) is 74.4 Å². The van der Waals surface area contributed by atoms with Gasteiger partial charge in [-0.15, -0.1) is 0 Å². The first kappa shape index (κ1) is 21.6. The summed E-state index contributed by atoms with van der Waals surface area (Å²) in [6.07, 6.45) is 7.29. The molecule has 1 aromatic carbocycles. The summed E-state index contributed by atoms with van der Waals surface area (Å²) in [6.45, 7) is 2.55. The van der Waals surface area contributed by atoms with Gasteiger partial charge in [0.05, 0.1) is 18.0 Å². The van der Waals surface area contributed by atoms with E-state index in [0.29, 0.717) is 30.5 Å². The largest absolute Gasteiger partial charge is 0.493 e. The van der Waals surface area contributed by atoms with Crippen molar-refractivity contribution in [3.63, 3.8) is 0 Å². The molecule has 7 nitrogen and oxygen atoms in total. The Morgan fingerprint density at radius 1 is 1.16 bits per heavy atom. The average Bonchev–Trinajstić information content (AvgIpc) is 3.23. The molecule has 2 aliphatic heterocycles. The summed E-state index contributed by atoms with van der Waals surface area (Å²) in [5.41, 5.74) is 4.05. The maximum atomic E-state index is 13.5. The van der Waals surface area contributed by atoms with Crippen LogP contribution in [0, 0.1) is 5.92 Å². The summed E-state index contributed by atoms with van der Waals surface area (Å²) in [7, 11) is 2.46. The first-order valence-electron chi connectivity index (χ1n) is 11.4. The number of rotatable bonds is 7. The van der Waals surface area contributed by atoms with Gasteiger partial charge in [-0.3, -0.25) is 0 Å². The Balaban J connectivity index is 1.53. The molecule has 0 spiro atoms. The van der Waals surface area contributed by atoms with Crippen molar-refractivity contribution in [3.05, 3.63) is 53.5 Å². The number of likely N-dealkylation sites (N-methyl/N-ethyl adjacent to an activating group) is 1. The third-order valence-electron chi connectivity index (χ3n) is 6.79. The number of nitrogens with one attached hydrogen (secondary N) is 1. The van der Waals surface area contributed by atoms with E-state index in [1.54, 1.807) is 10.4 Å². The van der Waals surface area contributed by atoms with E-state index in [1.807, 2.05) is 39.5 Å². The van der Waals surface area contributed by atoms with Crippen molar-refractivity contribution in [2.45, 2.75) is 36.7 Å². The fraction of sp³-hybridized carbons (Fsp3) is 0.500. The van der Waals surface area contributed by atoms with Gasteiger partial charge < -0.3 is 19.5 Å². The summed E-state index contributed by atoms with van der Waals surface area (Å²) >= 11 is 0. The van der Waals surface area contributed by atoms with Crippen LogP contribution in [0.4, 0.5) is 0 Å². The molecule has 0 radical (unpaired) electrons. The van der Waals surface area contributed by atoms with Gasteiger partial charge in [0.25, 0.3) is 0 Å². The van der Waals surface area contributed by atoms with Crippen LogP contribution >= 0.6 is 0 Å². The van der Waals surface area contributed by atoms with E-state index in [1.165, 1.54) is 12.8 Å². The molecule has 1 unspecified atom stereocenters.